The Labute approximate surface area is 94.0 Å². The second-order valence-corrected chi connectivity index (χ2v) is 3.43. The fourth-order valence-corrected chi connectivity index (χ4v) is 1.65. The van der Waals surface area contributed by atoms with Crippen molar-refractivity contribution in [3.8, 4) is 17.0 Å². The number of hydrogen-bond donors (Lipinski definition) is 1. The monoisotopic (exact) mass is 218 g/mol. The van der Waals surface area contributed by atoms with Crippen molar-refractivity contribution in [2.45, 2.75) is 6.42 Å². The van der Waals surface area contributed by atoms with Crippen LogP contribution in [0.3, 0.4) is 0 Å². The van der Waals surface area contributed by atoms with E-state index in [0.29, 0.717) is 6.54 Å². The number of ether oxygens (including phenoxy) is 1. The van der Waals surface area contributed by atoms with E-state index in [4.69, 9.17) is 15.0 Å². The second-order valence-electron chi connectivity index (χ2n) is 3.43. The average Bonchev–Trinajstić information content (AvgIpc) is 2.77. The highest BCUT2D eigenvalue weighted by Crippen LogP contribution is 2.30. The van der Waals surface area contributed by atoms with Crippen LogP contribution in [-0.2, 0) is 6.42 Å². The van der Waals surface area contributed by atoms with Crippen LogP contribution in [0.15, 0.2) is 35.1 Å². The third-order valence-corrected chi connectivity index (χ3v) is 2.42. The molecule has 4 nitrogen and oxygen atoms in total. The zero-order valence-corrected chi connectivity index (χ0v) is 9.14. The van der Waals surface area contributed by atoms with Crippen LogP contribution < -0.4 is 10.5 Å². The molecular formula is C12H14N2O2. The van der Waals surface area contributed by atoms with Crippen molar-refractivity contribution < 1.29 is 9.26 Å². The zero-order chi connectivity index (χ0) is 11.4. The maximum Gasteiger partial charge on any atom is 0.128 e. The molecule has 0 aliphatic rings. The Hall–Kier alpha value is -1.81. The summed E-state index contributed by atoms with van der Waals surface area (Å²) in [6, 6.07) is 7.72. The lowest BCUT2D eigenvalue weighted by molar-refractivity contribution is 0.411. The van der Waals surface area contributed by atoms with E-state index in [0.717, 1.165) is 29.0 Å². The standard InChI is InChI=1S/C12H14N2O2/c1-15-11-5-3-2-4-10(11)12-9(6-7-13)8-16-14-12/h2-5,8H,6-7,13H2,1H3. The molecule has 1 aromatic heterocycles. The van der Waals surface area contributed by atoms with Gasteiger partial charge in [0.1, 0.15) is 17.7 Å². The molecule has 0 saturated carbocycles. The van der Waals surface area contributed by atoms with Crippen molar-refractivity contribution in [1.82, 2.24) is 5.16 Å². The summed E-state index contributed by atoms with van der Waals surface area (Å²) in [7, 11) is 1.64. The number of aromatic nitrogens is 1. The minimum atomic E-state index is 0.573. The fraction of sp³-hybridized carbons (Fsp3) is 0.250. The molecule has 0 spiro atoms. The summed E-state index contributed by atoms with van der Waals surface area (Å²) in [6.07, 6.45) is 2.38. The van der Waals surface area contributed by atoms with Crippen molar-refractivity contribution >= 4 is 0 Å². The van der Waals surface area contributed by atoms with Gasteiger partial charge in [-0.1, -0.05) is 17.3 Å². The summed E-state index contributed by atoms with van der Waals surface area (Å²) in [5.41, 5.74) is 8.28. The Bertz CT molecular complexity index is 466. The molecule has 0 saturated heterocycles. The molecule has 16 heavy (non-hydrogen) atoms. The van der Waals surface area contributed by atoms with Crippen molar-refractivity contribution in [3.05, 3.63) is 36.1 Å². The van der Waals surface area contributed by atoms with E-state index in [1.807, 2.05) is 24.3 Å². The van der Waals surface area contributed by atoms with Crippen LogP contribution in [-0.4, -0.2) is 18.8 Å². The van der Waals surface area contributed by atoms with Gasteiger partial charge in [-0.25, -0.2) is 0 Å². The number of nitrogens with two attached hydrogens (primary N) is 1. The van der Waals surface area contributed by atoms with Crippen molar-refractivity contribution in [3.63, 3.8) is 0 Å². The van der Waals surface area contributed by atoms with Crippen LogP contribution in [0.25, 0.3) is 11.3 Å². The van der Waals surface area contributed by atoms with Gasteiger partial charge in [0.05, 0.1) is 7.11 Å². The lowest BCUT2D eigenvalue weighted by Gasteiger charge is -2.06. The van der Waals surface area contributed by atoms with Gasteiger partial charge in [-0.3, -0.25) is 0 Å². The van der Waals surface area contributed by atoms with Gasteiger partial charge in [-0.05, 0) is 25.1 Å². The molecule has 0 amide bonds. The first-order valence-electron chi connectivity index (χ1n) is 5.13. The molecule has 4 heteroatoms. The maximum absolute atomic E-state index is 5.54. The van der Waals surface area contributed by atoms with Crippen LogP contribution in [0, 0.1) is 0 Å². The fourth-order valence-electron chi connectivity index (χ4n) is 1.65. The van der Waals surface area contributed by atoms with Crippen molar-refractivity contribution in [2.24, 2.45) is 5.73 Å². The average molecular weight is 218 g/mol. The Balaban J connectivity index is 2.45. The van der Waals surface area contributed by atoms with Gasteiger partial charge in [0.15, 0.2) is 0 Å². The highest BCUT2D eigenvalue weighted by atomic mass is 16.5. The number of rotatable bonds is 4. The van der Waals surface area contributed by atoms with E-state index >= 15 is 0 Å². The Morgan fingerprint density at radius 2 is 2.19 bits per heavy atom. The molecule has 2 rings (SSSR count). The minimum absolute atomic E-state index is 0.573. The molecule has 0 aliphatic heterocycles. The summed E-state index contributed by atoms with van der Waals surface area (Å²) in [4.78, 5) is 0. The Morgan fingerprint density at radius 3 is 2.94 bits per heavy atom. The molecule has 0 radical (unpaired) electrons. The molecule has 0 unspecified atom stereocenters. The van der Waals surface area contributed by atoms with Gasteiger partial charge in [0, 0.05) is 11.1 Å². The molecule has 1 heterocycles. The summed E-state index contributed by atoms with van der Waals surface area (Å²) in [5.74, 6) is 0.787. The highest BCUT2D eigenvalue weighted by Gasteiger charge is 2.13. The first-order chi connectivity index (χ1) is 7.86. The quantitative estimate of drug-likeness (QED) is 0.850. The summed E-state index contributed by atoms with van der Waals surface area (Å²) < 4.78 is 10.3. The summed E-state index contributed by atoms with van der Waals surface area (Å²) in [5, 5.41) is 4.00. The van der Waals surface area contributed by atoms with E-state index in [-0.39, 0.29) is 0 Å². The number of para-hydroxylation sites is 1. The topological polar surface area (TPSA) is 61.3 Å². The van der Waals surface area contributed by atoms with Gasteiger partial charge in [0.25, 0.3) is 0 Å². The van der Waals surface area contributed by atoms with Gasteiger partial charge >= 0.3 is 0 Å². The normalized spacial score (nSPS) is 10.4. The first kappa shape index (κ1) is 10.7. The minimum Gasteiger partial charge on any atom is -0.496 e. The largest absolute Gasteiger partial charge is 0.496 e. The third kappa shape index (κ3) is 1.92. The van der Waals surface area contributed by atoms with Gasteiger partial charge < -0.3 is 15.0 Å². The third-order valence-electron chi connectivity index (χ3n) is 2.42. The number of nitrogens with zero attached hydrogens (tertiary/aromatic N) is 1. The molecule has 0 atom stereocenters. The maximum atomic E-state index is 5.54. The van der Waals surface area contributed by atoms with E-state index in [2.05, 4.69) is 5.16 Å². The smallest absolute Gasteiger partial charge is 0.128 e. The van der Waals surface area contributed by atoms with Crippen LogP contribution in [0.1, 0.15) is 5.56 Å². The predicted octanol–water partition coefficient (Wildman–Crippen LogP) is 1.85. The van der Waals surface area contributed by atoms with Gasteiger partial charge in [0.2, 0.25) is 0 Å². The Kier molecular flexibility index (Phi) is 3.22. The van der Waals surface area contributed by atoms with E-state index in [9.17, 15) is 0 Å². The molecule has 2 N–H and O–H groups in total. The molecule has 1 aromatic carbocycles. The zero-order valence-electron chi connectivity index (χ0n) is 9.14. The highest BCUT2D eigenvalue weighted by molar-refractivity contribution is 5.69. The lowest BCUT2D eigenvalue weighted by Crippen LogP contribution is -2.03. The molecule has 0 bridgehead atoms. The summed E-state index contributed by atoms with van der Waals surface area (Å²) in [6.45, 7) is 0.573. The lowest BCUT2D eigenvalue weighted by atomic mass is 10.1. The van der Waals surface area contributed by atoms with Gasteiger partial charge in [-0.2, -0.15) is 0 Å². The number of methoxy groups -OCH3 is 1. The van der Waals surface area contributed by atoms with Gasteiger partial charge in [-0.15, -0.1) is 0 Å². The Morgan fingerprint density at radius 1 is 1.38 bits per heavy atom. The molecule has 84 valence electrons. The SMILES string of the molecule is COc1ccccc1-c1nocc1CCN. The van der Waals surface area contributed by atoms with E-state index in [1.165, 1.54) is 0 Å². The van der Waals surface area contributed by atoms with Crippen molar-refractivity contribution in [2.75, 3.05) is 13.7 Å². The van der Waals surface area contributed by atoms with Crippen LogP contribution in [0.5, 0.6) is 5.75 Å². The second kappa shape index (κ2) is 4.81. The van der Waals surface area contributed by atoms with E-state index < -0.39 is 0 Å². The van der Waals surface area contributed by atoms with Crippen molar-refractivity contribution in [1.29, 1.82) is 0 Å². The molecule has 0 fully saturated rings. The molecule has 0 aliphatic carbocycles. The molecule has 2 aromatic rings. The number of hydrogen-bond acceptors (Lipinski definition) is 4. The number of benzene rings is 1. The van der Waals surface area contributed by atoms with Crippen LogP contribution >= 0.6 is 0 Å². The van der Waals surface area contributed by atoms with E-state index in [1.54, 1.807) is 13.4 Å². The first-order valence-corrected chi connectivity index (χ1v) is 5.13. The van der Waals surface area contributed by atoms with Crippen LogP contribution in [0.4, 0.5) is 0 Å². The predicted molar refractivity (Wildman–Crippen MR) is 61.2 cm³/mol. The molecular weight excluding hydrogens is 204 g/mol. The summed E-state index contributed by atoms with van der Waals surface area (Å²) >= 11 is 0. The van der Waals surface area contributed by atoms with Crippen LogP contribution in [0.2, 0.25) is 0 Å².